The Morgan fingerprint density at radius 2 is 1.76 bits per heavy atom. The van der Waals surface area contributed by atoms with Crippen LogP contribution in [0.2, 0.25) is 0 Å². The van der Waals surface area contributed by atoms with Gasteiger partial charge in [0.1, 0.15) is 6.10 Å². The van der Waals surface area contributed by atoms with Crippen molar-refractivity contribution in [3.05, 3.63) is 77.4 Å². The lowest BCUT2D eigenvalue weighted by Crippen LogP contribution is -2.39. The van der Waals surface area contributed by atoms with Gasteiger partial charge in [-0.25, -0.2) is 4.79 Å². The Balaban J connectivity index is 0.00000225. The van der Waals surface area contributed by atoms with Crippen LogP contribution in [-0.4, -0.2) is 31.0 Å². The third-order valence-corrected chi connectivity index (χ3v) is 4.54. The van der Waals surface area contributed by atoms with Crippen LogP contribution in [0.5, 0.6) is 0 Å². The Bertz CT molecular complexity index is 728. The van der Waals surface area contributed by atoms with Crippen molar-refractivity contribution in [1.82, 2.24) is 4.90 Å². The zero-order valence-electron chi connectivity index (χ0n) is 14.6. The third-order valence-electron chi connectivity index (χ3n) is 4.54. The van der Waals surface area contributed by atoms with Gasteiger partial charge in [0, 0.05) is 6.08 Å². The molecule has 1 aliphatic carbocycles. The minimum Gasteiger partial charge on any atom is -0.453 e. The van der Waals surface area contributed by atoms with Gasteiger partial charge in [-0.2, -0.15) is 0 Å². The van der Waals surface area contributed by atoms with Crippen LogP contribution in [0, 0.1) is 0 Å². The van der Waals surface area contributed by atoms with Crippen LogP contribution in [0.25, 0.3) is 6.08 Å². The molecule has 25 heavy (non-hydrogen) atoms. The predicted octanol–water partition coefficient (Wildman–Crippen LogP) is 4.28. The number of carbonyl (C=O) groups excluding carboxylic acids is 1. The topological polar surface area (TPSA) is 29.5 Å². The number of hydrogen-bond donors (Lipinski definition) is 0. The molecule has 0 saturated heterocycles. The largest absolute Gasteiger partial charge is 0.453 e. The van der Waals surface area contributed by atoms with Crippen LogP contribution in [0.4, 0.5) is 0 Å². The normalized spacial score (nSPS) is 19.3. The fraction of sp³-hybridized carbons (Fsp3) is 0.286. The van der Waals surface area contributed by atoms with E-state index in [4.69, 9.17) is 4.74 Å². The van der Waals surface area contributed by atoms with Crippen molar-refractivity contribution >= 4 is 24.5 Å². The van der Waals surface area contributed by atoms with Crippen LogP contribution in [-0.2, 0) is 16.0 Å². The molecule has 0 radical (unpaired) electrons. The van der Waals surface area contributed by atoms with E-state index < -0.39 is 0 Å². The number of fused-ring (bicyclic) bond motifs is 1. The molecule has 2 aromatic rings. The highest BCUT2D eigenvalue weighted by atomic mass is 35.5. The fourth-order valence-corrected chi connectivity index (χ4v) is 3.27. The molecule has 3 nitrogen and oxygen atoms in total. The maximum atomic E-state index is 12.3. The van der Waals surface area contributed by atoms with Gasteiger partial charge in [-0.3, -0.25) is 0 Å². The number of benzene rings is 2. The van der Waals surface area contributed by atoms with E-state index in [1.807, 2.05) is 56.6 Å². The molecule has 1 aliphatic rings. The summed E-state index contributed by atoms with van der Waals surface area (Å²) in [6.45, 7) is 0. The van der Waals surface area contributed by atoms with E-state index >= 15 is 0 Å². The van der Waals surface area contributed by atoms with Crippen molar-refractivity contribution in [2.45, 2.75) is 25.0 Å². The first-order valence-corrected chi connectivity index (χ1v) is 8.33. The van der Waals surface area contributed by atoms with Gasteiger partial charge in [-0.15, -0.1) is 12.4 Å². The summed E-state index contributed by atoms with van der Waals surface area (Å²) in [4.78, 5) is 14.5. The molecule has 0 fully saturated rings. The van der Waals surface area contributed by atoms with E-state index in [1.54, 1.807) is 6.08 Å². The molecule has 0 saturated carbocycles. The maximum Gasteiger partial charge on any atom is 0.331 e. The molecular weight excluding hydrogens is 334 g/mol. The van der Waals surface area contributed by atoms with Crippen LogP contribution in [0.3, 0.4) is 0 Å². The van der Waals surface area contributed by atoms with Crippen molar-refractivity contribution in [2.24, 2.45) is 0 Å². The van der Waals surface area contributed by atoms with Crippen LogP contribution in [0.1, 0.15) is 29.2 Å². The van der Waals surface area contributed by atoms with E-state index in [0.717, 1.165) is 24.0 Å². The number of likely N-dealkylation sites (N-methyl/N-ethyl adjacent to an activating group) is 1. The number of esters is 1. The summed E-state index contributed by atoms with van der Waals surface area (Å²) in [5.74, 6) is -0.299. The molecule has 0 amide bonds. The summed E-state index contributed by atoms with van der Waals surface area (Å²) in [6, 6.07) is 18.2. The molecule has 4 heteroatoms. The molecule has 132 valence electrons. The number of aryl methyl sites for hydroxylation is 1. The average molecular weight is 358 g/mol. The molecule has 0 N–H and O–H groups in total. The third kappa shape index (κ3) is 4.71. The van der Waals surface area contributed by atoms with Gasteiger partial charge in [0.05, 0.1) is 6.04 Å². The SMILES string of the molecule is CN(C)[C@@H]1CCc2ccccc2[C@@H]1OC(=O)C=Cc1ccccc1.Cl. The Kier molecular flexibility index (Phi) is 6.80. The Morgan fingerprint density at radius 3 is 2.48 bits per heavy atom. The second kappa shape index (κ2) is 8.84. The lowest BCUT2D eigenvalue weighted by molar-refractivity contribution is -0.147. The first-order chi connectivity index (χ1) is 11.6. The molecule has 3 rings (SSSR count). The summed E-state index contributed by atoms with van der Waals surface area (Å²) in [5.41, 5.74) is 3.40. The van der Waals surface area contributed by atoms with E-state index in [1.165, 1.54) is 11.6 Å². The van der Waals surface area contributed by atoms with Gasteiger partial charge < -0.3 is 9.64 Å². The van der Waals surface area contributed by atoms with E-state index in [0.29, 0.717) is 0 Å². The lowest BCUT2D eigenvalue weighted by atomic mass is 9.85. The number of halogens is 1. The fourth-order valence-electron chi connectivity index (χ4n) is 3.27. The second-order valence-electron chi connectivity index (χ2n) is 6.37. The Morgan fingerprint density at radius 1 is 1.08 bits per heavy atom. The summed E-state index contributed by atoms with van der Waals surface area (Å²) in [5, 5.41) is 0. The zero-order chi connectivity index (χ0) is 16.9. The molecule has 0 unspecified atom stereocenters. The summed E-state index contributed by atoms with van der Waals surface area (Å²) >= 11 is 0. The summed E-state index contributed by atoms with van der Waals surface area (Å²) < 4.78 is 5.85. The highest BCUT2D eigenvalue weighted by molar-refractivity contribution is 5.87. The molecule has 2 aromatic carbocycles. The number of hydrogen-bond acceptors (Lipinski definition) is 3. The molecule has 0 aromatic heterocycles. The smallest absolute Gasteiger partial charge is 0.331 e. The second-order valence-corrected chi connectivity index (χ2v) is 6.37. The molecule has 0 aliphatic heterocycles. The molecule has 0 bridgehead atoms. The number of carbonyl (C=O) groups is 1. The maximum absolute atomic E-state index is 12.3. The minimum absolute atomic E-state index is 0. The van der Waals surface area contributed by atoms with Crippen molar-refractivity contribution in [1.29, 1.82) is 0 Å². The predicted molar refractivity (Wildman–Crippen MR) is 104 cm³/mol. The van der Waals surface area contributed by atoms with Crippen molar-refractivity contribution < 1.29 is 9.53 Å². The molecule has 0 spiro atoms. The monoisotopic (exact) mass is 357 g/mol. The number of rotatable bonds is 4. The van der Waals surface area contributed by atoms with Crippen molar-refractivity contribution in [2.75, 3.05) is 14.1 Å². The van der Waals surface area contributed by atoms with Gasteiger partial charge in [-0.05, 0) is 49.7 Å². The number of nitrogens with zero attached hydrogens (tertiary/aromatic N) is 1. The summed E-state index contributed by atoms with van der Waals surface area (Å²) in [7, 11) is 4.08. The van der Waals surface area contributed by atoms with Gasteiger partial charge >= 0.3 is 5.97 Å². The van der Waals surface area contributed by atoms with Crippen LogP contribution < -0.4 is 0 Å². The Hall–Kier alpha value is -2.10. The van der Waals surface area contributed by atoms with E-state index in [2.05, 4.69) is 17.0 Å². The Labute approximate surface area is 155 Å². The van der Waals surface area contributed by atoms with E-state index in [9.17, 15) is 4.79 Å². The van der Waals surface area contributed by atoms with Gasteiger partial charge in [-0.1, -0.05) is 54.6 Å². The average Bonchev–Trinajstić information content (AvgIpc) is 2.61. The minimum atomic E-state index is -0.299. The van der Waals surface area contributed by atoms with Crippen molar-refractivity contribution in [3.8, 4) is 0 Å². The lowest BCUT2D eigenvalue weighted by Gasteiger charge is -2.36. The first-order valence-electron chi connectivity index (χ1n) is 8.33. The van der Waals surface area contributed by atoms with Gasteiger partial charge in [0.15, 0.2) is 0 Å². The number of ether oxygens (including phenoxy) is 1. The highest BCUT2D eigenvalue weighted by Crippen LogP contribution is 2.35. The quantitative estimate of drug-likeness (QED) is 0.604. The summed E-state index contributed by atoms with van der Waals surface area (Å²) in [6.07, 6.45) is 5.09. The van der Waals surface area contributed by atoms with Crippen molar-refractivity contribution in [3.63, 3.8) is 0 Å². The molecular formula is C21H24ClNO2. The van der Waals surface area contributed by atoms with Gasteiger partial charge in [0.2, 0.25) is 0 Å². The zero-order valence-corrected chi connectivity index (χ0v) is 15.4. The highest BCUT2D eigenvalue weighted by Gasteiger charge is 2.33. The standard InChI is InChI=1S/C21H23NO2.ClH/c1-22(2)19-14-13-17-10-6-7-11-18(17)21(19)24-20(23)15-12-16-8-4-3-5-9-16;/h3-12,15,19,21H,13-14H2,1-2H3;1H/t19-,21+;/m1./s1. The van der Waals surface area contributed by atoms with E-state index in [-0.39, 0.29) is 30.5 Å². The van der Waals surface area contributed by atoms with Crippen LogP contribution in [0.15, 0.2) is 60.7 Å². The molecule has 2 atom stereocenters. The van der Waals surface area contributed by atoms with Crippen LogP contribution >= 0.6 is 12.4 Å². The van der Waals surface area contributed by atoms with Gasteiger partial charge in [0.25, 0.3) is 0 Å². The molecule has 0 heterocycles. The first kappa shape index (κ1) is 19.2.